The van der Waals surface area contributed by atoms with E-state index in [1.54, 1.807) is 11.3 Å². The summed E-state index contributed by atoms with van der Waals surface area (Å²) in [4.78, 5) is 7.65. The highest BCUT2D eigenvalue weighted by molar-refractivity contribution is 7.19. The third-order valence-corrected chi connectivity index (χ3v) is 5.60. The highest BCUT2D eigenvalue weighted by Crippen LogP contribution is 2.29. The number of pyridine rings is 1. The number of aromatic nitrogens is 1. The van der Waals surface area contributed by atoms with Gasteiger partial charge < -0.3 is 15.3 Å². The lowest BCUT2D eigenvalue weighted by Crippen LogP contribution is -2.26. The number of hydrogen-bond donors (Lipinski definition) is 2. The van der Waals surface area contributed by atoms with Crippen molar-refractivity contribution in [1.82, 2.24) is 10.3 Å². The van der Waals surface area contributed by atoms with Gasteiger partial charge in [0.2, 0.25) is 0 Å². The lowest BCUT2D eigenvalue weighted by atomic mass is 10.2. The molecule has 1 unspecified atom stereocenters. The van der Waals surface area contributed by atoms with E-state index in [2.05, 4.69) is 53.3 Å². The second-order valence-electron chi connectivity index (χ2n) is 6.56. The Bertz CT molecular complexity index is 780. The van der Waals surface area contributed by atoms with Crippen molar-refractivity contribution in [2.24, 2.45) is 0 Å². The van der Waals surface area contributed by atoms with Gasteiger partial charge in [-0.2, -0.15) is 0 Å². The number of nitrogens with zero attached hydrogens (tertiary/aromatic N) is 2. The van der Waals surface area contributed by atoms with Crippen molar-refractivity contribution in [1.29, 1.82) is 0 Å². The molecule has 25 heavy (non-hydrogen) atoms. The van der Waals surface area contributed by atoms with Gasteiger partial charge in [-0.05, 0) is 43.0 Å². The van der Waals surface area contributed by atoms with Gasteiger partial charge in [0, 0.05) is 42.0 Å². The fourth-order valence-electron chi connectivity index (χ4n) is 2.61. The molecule has 0 saturated carbocycles. The summed E-state index contributed by atoms with van der Waals surface area (Å²) in [7, 11) is 2.05. The highest BCUT2D eigenvalue weighted by Gasteiger charge is 2.11. The largest absolute Gasteiger partial charge is 0.386 e. The molecule has 4 nitrogen and oxygen atoms in total. The number of aliphatic hydroxyl groups excluding tert-OH is 1. The molecule has 0 fully saturated rings. The molecule has 3 aromatic rings. The van der Waals surface area contributed by atoms with E-state index in [1.807, 2.05) is 31.4 Å². The standard InChI is InChI=1S/C20H25N3OS/c1-14(2)23(3)20-9-8-15(12-22-20)11-21-13-17(24)19-10-16-6-4-5-7-18(16)25-19/h4-10,12,14,17,21,24H,11,13H2,1-3H3. The number of rotatable bonds is 7. The first kappa shape index (κ1) is 17.9. The lowest BCUT2D eigenvalue weighted by molar-refractivity contribution is 0.178. The fourth-order valence-corrected chi connectivity index (χ4v) is 3.67. The predicted octanol–water partition coefficient (Wildman–Crippen LogP) is 3.96. The van der Waals surface area contributed by atoms with Crippen LogP contribution in [0.3, 0.4) is 0 Å². The van der Waals surface area contributed by atoms with Crippen LogP contribution in [0, 0.1) is 0 Å². The van der Waals surface area contributed by atoms with Gasteiger partial charge in [0.1, 0.15) is 11.9 Å². The van der Waals surface area contributed by atoms with Crippen molar-refractivity contribution in [2.45, 2.75) is 32.5 Å². The van der Waals surface area contributed by atoms with Gasteiger partial charge in [0.15, 0.2) is 0 Å². The second kappa shape index (κ2) is 7.95. The van der Waals surface area contributed by atoms with Gasteiger partial charge in [-0.3, -0.25) is 0 Å². The monoisotopic (exact) mass is 355 g/mol. The summed E-state index contributed by atoms with van der Waals surface area (Å²) in [5.74, 6) is 0.976. The van der Waals surface area contributed by atoms with E-state index in [-0.39, 0.29) is 0 Å². The fraction of sp³-hybridized carbons (Fsp3) is 0.350. The number of nitrogens with one attached hydrogen (secondary N) is 1. The van der Waals surface area contributed by atoms with E-state index < -0.39 is 6.10 Å². The molecule has 3 rings (SSSR count). The Morgan fingerprint density at radius 2 is 2.00 bits per heavy atom. The van der Waals surface area contributed by atoms with Crippen molar-refractivity contribution in [3.63, 3.8) is 0 Å². The number of anilines is 1. The Balaban J connectivity index is 1.53. The summed E-state index contributed by atoms with van der Waals surface area (Å²) < 4.78 is 1.21. The number of hydrogen-bond acceptors (Lipinski definition) is 5. The average molecular weight is 356 g/mol. The number of aliphatic hydroxyl groups is 1. The van der Waals surface area contributed by atoms with Gasteiger partial charge in [-0.1, -0.05) is 24.3 Å². The van der Waals surface area contributed by atoms with E-state index in [1.165, 1.54) is 10.1 Å². The SMILES string of the molecule is CC(C)N(C)c1ccc(CNCC(O)c2cc3ccccc3s2)cn1. The molecule has 0 radical (unpaired) electrons. The summed E-state index contributed by atoms with van der Waals surface area (Å²) in [5, 5.41) is 14.9. The Morgan fingerprint density at radius 1 is 1.20 bits per heavy atom. The number of thiophene rings is 1. The first-order valence-electron chi connectivity index (χ1n) is 8.59. The summed E-state index contributed by atoms with van der Waals surface area (Å²) in [6.45, 7) is 5.51. The van der Waals surface area contributed by atoms with Crippen LogP contribution in [-0.2, 0) is 6.54 Å². The molecule has 1 atom stereocenters. The Labute approximate surface area is 153 Å². The van der Waals surface area contributed by atoms with Crippen LogP contribution in [0.4, 0.5) is 5.82 Å². The second-order valence-corrected chi connectivity index (χ2v) is 7.68. The minimum Gasteiger partial charge on any atom is -0.386 e. The maximum atomic E-state index is 10.4. The molecule has 0 aliphatic carbocycles. The molecule has 2 heterocycles. The quantitative estimate of drug-likeness (QED) is 0.673. The summed E-state index contributed by atoms with van der Waals surface area (Å²) in [6, 6.07) is 14.8. The maximum Gasteiger partial charge on any atom is 0.128 e. The molecule has 0 saturated heterocycles. The molecule has 5 heteroatoms. The molecular formula is C20H25N3OS. The normalized spacial score (nSPS) is 12.7. The molecule has 2 aromatic heterocycles. The van der Waals surface area contributed by atoms with E-state index in [0.29, 0.717) is 19.1 Å². The summed E-state index contributed by atoms with van der Waals surface area (Å²) in [5.41, 5.74) is 1.12. The Morgan fingerprint density at radius 3 is 2.68 bits per heavy atom. The van der Waals surface area contributed by atoms with Crippen LogP contribution in [0.15, 0.2) is 48.7 Å². The molecule has 0 aliphatic rings. The zero-order chi connectivity index (χ0) is 17.8. The molecule has 1 aromatic carbocycles. The van der Waals surface area contributed by atoms with Gasteiger partial charge in [-0.25, -0.2) is 4.98 Å². The predicted molar refractivity (Wildman–Crippen MR) is 106 cm³/mol. The van der Waals surface area contributed by atoms with Gasteiger partial charge in [0.05, 0.1) is 0 Å². The van der Waals surface area contributed by atoms with Crippen LogP contribution in [-0.4, -0.2) is 29.7 Å². The third kappa shape index (κ3) is 4.37. The highest BCUT2D eigenvalue weighted by atomic mass is 32.1. The van der Waals surface area contributed by atoms with Crippen molar-refractivity contribution < 1.29 is 5.11 Å². The first-order valence-corrected chi connectivity index (χ1v) is 9.41. The Hall–Kier alpha value is -1.95. The molecular weight excluding hydrogens is 330 g/mol. The number of benzene rings is 1. The van der Waals surface area contributed by atoms with Crippen LogP contribution >= 0.6 is 11.3 Å². The lowest BCUT2D eigenvalue weighted by Gasteiger charge is -2.22. The molecule has 0 spiro atoms. The van der Waals surface area contributed by atoms with Crippen molar-refractivity contribution in [3.05, 3.63) is 59.1 Å². The molecule has 2 N–H and O–H groups in total. The van der Waals surface area contributed by atoms with Crippen LogP contribution in [0.1, 0.15) is 30.4 Å². The van der Waals surface area contributed by atoms with Crippen molar-refractivity contribution in [3.8, 4) is 0 Å². The Kier molecular flexibility index (Phi) is 5.68. The smallest absolute Gasteiger partial charge is 0.128 e. The van der Waals surface area contributed by atoms with Crippen molar-refractivity contribution >= 4 is 27.2 Å². The number of fused-ring (bicyclic) bond motifs is 1. The van der Waals surface area contributed by atoms with E-state index >= 15 is 0 Å². The maximum absolute atomic E-state index is 10.4. The molecule has 0 bridgehead atoms. The summed E-state index contributed by atoms with van der Waals surface area (Å²) >= 11 is 1.65. The van der Waals surface area contributed by atoms with Gasteiger partial charge >= 0.3 is 0 Å². The van der Waals surface area contributed by atoms with Crippen LogP contribution < -0.4 is 10.2 Å². The van der Waals surface area contributed by atoms with Crippen LogP contribution in [0.25, 0.3) is 10.1 Å². The molecule has 0 aliphatic heterocycles. The molecule has 132 valence electrons. The topological polar surface area (TPSA) is 48.4 Å². The first-order chi connectivity index (χ1) is 12.0. The minimum atomic E-state index is -0.489. The van der Waals surface area contributed by atoms with Crippen LogP contribution in [0.5, 0.6) is 0 Å². The third-order valence-electron chi connectivity index (χ3n) is 4.38. The van der Waals surface area contributed by atoms with Crippen LogP contribution in [0.2, 0.25) is 0 Å². The average Bonchev–Trinajstić information content (AvgIpc) is 3.06. The van der Waals surface area contributed by atoms with Gasteiger partial charge in [0.25, 0.3) is 0 Å². The van der Waals surface area contributed by atoms with E-state index in [4.69, 9.17) is 0 Å². The zero-order valence-corrected chi connectivity index (χ0v) is 15.8. The minimum absolute atomic E-state index is 0.424. The van der Waals surface area contributed by atoms with E-state index in [9.17, 15) is 5.11 Å². The van der Waals surface area contributed by atoms with Crippen molar-refractivity contribution in [2.75, 3.05) is 18.5 Å². The van der Waals surface area contributed by atoms with E-state index in [0.717, 1.165) is 16.3 Å². The van der Waals surface area contributed by atoms with Gasteiger partial charge in [-0.15, -0.1) is 11.3 Å². The summed E-state index contributed by atoms with van der Waals surface area (Å²) in [6.07, 6.45) is 1.41. The molecule has 0 amide bonds. The zero-order valence-electron chi connectivity index (χ0n) is 14.9.